The molecule has 2 unspecified atom stereocenters. The minimum Gasteiger partial charge on any atom is -0.457 e. The minimum atomic E-state index is -4.29. The van der Waals surface area contributed by atoms with Crippen LogP contribution >= 0.6 is 7.82 Å². The number of likely N-dealkylation sites (N-methyl/N-ethyl adjacent to an activating group) is 1. The zero-order valence-electron chi connectivity index (χ0n) is 44.6. The van der Waals surface area contributed by atoms with E-state index < -0.39 is 13.9 Å². The summed E-state index contributed by atoms with van der Waals surface area (Å²) >= 11 is 0. The largest absolute Gasteiger partial charge is 0.472 e. The van der Waals surface area contributed by atoms with Crippen molar-refractivity contribution in [3.63, 3.8) is 0 Å². The third-order valence-electron chi connectivity index (χ3n) is 12.1. The molecule has 0 aliphatic rings. The Bertz CT molecular complexity index is 1260. The maximum absolute atomic E-state index is 12.8. The molecule has 0 aromatic heterocycles. The van der Waals surface area contributed by atoms with Gasteiger partial charge in [0.25, 0.3) is 0 Å². The number of esters is 1. The summed E-state index contributed by atoms with van der Waals surface area (Å²) in [4.78, 5) is 23.1. The van der Waals surface area contributed by atoms with Crippen molar-refractivity contribution in [3.8, 4) is 0 Å². The van der Waals surface area contributed by atoms with E-state index in [-0.39, 0.29) is 25.8 Å². The molecule has 1 N–H and O–H groups in total. The molecule has 0 amide bonds. The van der Waals surface area contributed by atoms with E-state index in [0.29, 0.717) is 24.1 Å². The van der Waals surface area contributed by atoms with Gasteiger partial charge in [-0.25, -0.2) is 4.57 Å². The molecule has 9 heteroatoms. The Balaban J connectivity index is 4.13. The number of carbonyl (C=O) groups is 1. The Morgan fingerprint density at radius 2 is 0.821 bits per heavy atom. The zero-order valence-corrected chi connectivity index (χ0v) is 45.5. The van der Waals surface area contributed by atoms with Gasteiger partial charge in [0, 0.05) is 13.0 Å². The van der Waals surface area contributed by atoms with Crippen molar-refractivity contribution in [2.75, 3.05) is 54.1 Å². The fraction of sp³-hybridized carbons (Fsp3) is 0.810. The van der Waals surface area contributed by atoms with Crippen molar-refractivity contribution in [2.24, 2.45) is 0 Å². The lowest BCUT2D eigenvalue weighted by atomic mass is 10.0. The average Bonchev–Trinajstić information content (AvgIpc) is 3.29. The van der Waals surface area contributed by atoms with Gasteiger partial charge < -0.3 is 18.9 Å². The third-order valence-corrected chi connectivity index (χ3v) is 13.0. The number of quaternary nitrogens is 1. The molecule has 0 aromatic rings. The first-order valence-corrected chi connectivity index (χ1v) is 29.5. The van der Waals surface area contributed by atoms with Gasteiger partial charge in [-0.2, -0.15) is 0 Å². The molecular weight excluding hydrogens is 854 g/mol. The molecule has 0 aromatic carbocycles. The number of hydrogen-bond donors (Lipinski definition) is 1. The fourth-order valence-electron chi connectivity index (χ4n) is 7.71. The lowest BCUT2D eigenvalue weighted by molar-refractivity contribution is -0.870. The van der Waals surface area contributed by atoms with Crippen LogP contribution in [0.4, 0.5) is 0 Å². The van der Waals surface area contributed by atoms with Crippen LogP contribution in [0.15, 0.2) is 60.8 Å². The number of phosphoric ester groups is 1. The van der Waals surface area contributed by atoms with Crippen LogP contribution in [0.1, 0.15) is 245 Å². The van der Waals surface area contributed by atoms with E-state index in [9.17, 15) is 14.3 Å². The number of rotatable bonds is 52. The number of unbranched alkanes of at least 4 members (excludes halogenated alkanes) is 28. The standard InChI is InChI=1S/C58H108NO7P/c1-6-8-10-12-14-16-18-20-22-24-26-28-29-30-32-34-36-38-40-42-44-46-48-50-53-63-55-57(56-65-67(61,62)64-54-52-59(3,4)5)66-58(60)51-49-47-45-43-41-39-37-35-33-31-27-25-23-21-19-17-15-13-11-9-7-2/h18-21,24-27,33,35,57H,6-17,22-23,28-32,34,36-56H2,1-5H3/p+1/b20-18-,21-19-,26-24-,27-25-,35-33-. The number of allylic oxidation sites excluding steroid dienone is 10. The van der Waals surface area contributed by atoms with Crippen molar-refractivity contribution < 1.29 is 37.3 Å². The molecule has 0 fully saturated rings. The van der Waals surface area contributed by atoms with Gasteiger partial charge in [0.2, 0.25) is 0 Å². The van der Waals surface area contributed by atoms with Crippen LogP contribution in [0, 0.1) is 0 Å². The molecule has 8 nitrogen and oxygen atoms in total. The SMILES string of the molecule is CCCCCCC/C=C\C/C=C\C/C=C\CCCCCCCCC(=O)OC(COCCCCCCCCCCCCCC/C=C\C/C=C\CCCCCCC)COP(=O)(O)OCC[N+](C)(C)C. The highest BCUT2D eigenvalue weighted by molar-refractivity contribution is 7.47. The van der Waals surface area contributed by atoms with E-state index in [4.69, 9.17) is 18.5 Å². The second-order valence-electron chi connectivity index (χ2n) is 20.0. The Morgan fingerprint density at radius 3 is 1.22 bits per heavy atom. The maximum Gasteiger partial charge on any atom is 0.472 e. The molecule has 2 atom stereocenters. The molecule has 392 valence electrons. The Morgan fingerprint density at radius 1 is 0.463 bits per heavy atom. The Hall–Kier alpha value is -1.80. The lowest BCUT2D eigenvalue weighted by Crippen LogP contribution is -2.37. The molecular formula is C58H109NO7P+. The number of carbonyl (C=O) groups excluding carboxylic acids is 1. The topological polar surface area (TPSA) is 91.3 Å². The first-order valence-electron chi connectivity index (χ1n) is 28.0. The van der Waals surface area contributed by atoms with Gasteiger partial charge in [0.15, 0.2) is 0 Å². The maximum atomic E-state index is 12.8. The van der Waals surface area contributed by atoms with E-state index in [2.05, 4.69) is 74.6 Å². The van der Waals surface area contributed by atoms with Crippen molar-refractivity contribution in [3.05, 3.63) is 60.8 Å². The molecule has 0 spiro atoms. The molecule has 0 bridgehead atoms. The van der Waals surface area contributed by atoms with Gasteiger partial charge in [-0.05, 0) is 83.5 Å². The number of nitrogens with zero attached hydrogens (tertiary/aromatic N) is 1. The van der Waals surface area contributed by atoms with Crippen molar-refractivity contribution in [2.45, 2.75) is 251 Å². The van der Waals surface area contributed by atoms with Crippen molar-refractivity contribution in [1.82, 2.24) is 0 Å². The normalized spacial score (nSPS) is 13.9. The van der Waals surface area contributed by atoms with Gasteiger partial charge in [0.1, 0.15) is 19.3 Å². The predicted octanol–water partition coefficient (Wildman–Crippen LogP) is 17.6. The molecule has 0 rings (SSSR count). The van der Waals surface area contributed by atoms with E-state index in [1.54, 1.807) is 0 Å². The molecule has 0 saturated heterocycles. The molecule has 67 heavy (non-hydrogen) atoms. The van der Waals surface area contributed by atoms with Crippen LogP contribution in [-0.4, -0.2) is 75.6 Å². The predicted molar refractivity (Wildman–Crippen MR) is 289 cm³/mol. The Kier molecular flexibility index (Phi) is 49.2. The first kappa shape index (κ1) is 65.2. The van der Waals surface area contributed by atoms with E-state index in [1.165, 1.54) is 161 Å². The summed E-state index contributed by atoms with van der Waals surface area (Å²) in [6.45, 7) is 5.60. The van der Waals surface area contributed by atoms with Crippen LogP contribution in [0.5, 0.6) is 0 Å². The smallest absolute Gasteiger partial charge is 0.457 e. The van der Waals surface area contributed by atoms with Gasteiger partial charge in [-0.3, -0.25) is 13.8 Å². The monoisotopic (exact) mass is 963 g/mol. The van der Waals surface area contributed by atoms with Gasteiger partial charge >= 0.3 is 13.8 Å². The van der Waals surface area contributed by atoms with Crippen LogP contribution in [0.25, 0.3) is 0 Å². The quantitative estimate of drug-likeness (QED) is 0.0213. The van der Waals surface area contributed by atoms with E-state index in [1.807, 2.05) is 21.1 Å². The van der Waals surface area contributed by atoms with Gasteiger partial charge in [-0.15, -0.1) is 0 Å². The van der Waals surface area contributed by atoms with Crippen LogP contribution in [-0.2, 0) is 27.9 Å². The van der Waals surface area contributed by atoms with Crippen LogP contribution in [0.3, 0.4) is 0 Å². The summed E-state index contributed by atoms with van der Waals surface area (Å²) in [5, 5.41) is 0. The van der Waals surface area contributed by atoms with E-state index >= 15 is 0 Å². The molecule has 0 radical (unpaired) electrons. The average molecular weight is 963 g/mol. The highest BCUT2D eigenvalue weighted by Crippen LogP contribution is 2.43. The zero-order chi connectivity index (χ0) is 49.0. The summed E-state index contributed by atoms with van der Waals surface area (Å²) in [7, 11) is 1.66. The number of hydrogen-bond acceptors (Lipinski definition) is 6. The summed E-state index contributed by atoms with van der Waals surface area (Å²) in [6, 6.07) is 0. The fourth-order valence-corrected chi connectivity index (χ4v) is 8.45. The lowest BCUT2D eigenvalue weighted by Gasteiger charge is -2.24. The van der Waals surface area contributed by atoms with Gasteiger partial charge in [-0.1, -0.05) is 216 Å². The second kappa shape index (κ2) is 50.6. The molecule has 0 saturated carbocycles. The van der Waals surface area contributed by atoms with E-state index in [0.717, 1.165) is 64.2 Å². The van der Waals surface area contributed by atoms with Crippen LogP contribution in [0.2, 0.25) is 0 Å². The molecule has 0 aliphatic carbocycles. The second-order valence-corrected chi connectivity index (χ2v) is 21.4. The highest BCUT2D eigenvalue weighted by atomic mass is 31.2. The highest BCUT2D eigenvalue weighted by Gasteiger charge is 2.26. The summed E-state index contributed by atoms with van der Waals surface area (Å²) < 4.78 is 35.2. The summed E-state index contributed by atoms with van der Waals surface area (Å²) in [6.07, 6.45) is 65.6. The van der Waals surface area contributed by atoms with Crippen LogP contribution < -0.4 is 0 Å². The van der Waals surface area contributed by atoms with Crippen molar-refractivity contribution in [1.29, 1.82) is 0 Å². The number of ether oxygens (including phenoxy) is 2. The first-order chi connectivity index (χ1) is 32.6. The molecule has 0 heterocycles. The summed E-state index contributed by atoms with van der Waals surface area (Å²) in [5.74, 6) is -0.325. The van der Waals surface area contributed by atoms with Crippen molar-refractivity contribution >= 4 is 13.8 Å². The minimum absolute atomic E-state index is 0.0838. The molecule has 0 aliphatic heterocycles. The third kappa shape index (κ3) is 55.0. The van der Waals surface area contributed by atoms with Gasteiger partial charge in [0.05, 0.1) is 34.4 Å². The Labute approximate surface area is 415 Å². The number of phosphoric acid groups is 1. The summed E-state index contributed by atoms with van der Waals surface area (Å²) in [5.41, 5.74) is 0.